The summed E-state index contributed by atoms with van der Waals surface area (Å²) in [5, 5.41) is 11.3. The monoisotopic (exact) mass is 304 g/mol. The zero-order valence-electron chi connectivity index (χ0n) is 12.4. The van der Waals surface area contributed by atoms with E-state index < -0.39 is 0 Å². The number of aromatic amines is 1. The molecule has 1 amide bonds. The molecule has 0 aliphatic carbocycles. The lowest BCUT2D eigenvalue weighted by Gasteiger charge is -2.22. The van der Waals surface area contributed by atoms with Crippen LogP contribution in [0.3, 0.4) is 0 Å². The molecule has 3 heterocycles. The number of aromatic nitrogens is 3. The van der Waals surface area contributed by atoms with Gasteiger partial charge in [-0.2, -0.15) is 16.4 Å². The van der Waals surface area contributed by atoms with Gasteiger partial charge < -0.3 is 4.90 Å². The number of carbonyl (C=O) groups excluding carboxylic acids is 1. The van der Waals surface area contributed by atoms with E-state index in [0.29, 0.717) is 12.3 Å². The van der Waals surface area contributed by atoms with Crippen LogP contribution < -0.4 is 0 Å². The SMILES string of the molecule is CC(C)c1n[nH]c(C2CCCN2C(=O)Cc2ccsc2)n1. The number of likely N-dealkylation sites (tertiary alicyclic amines) is 1. The number of amides is 1. The van der Waals surface area contributed by atoms with E-state index in [-0.39, 0.29) is 11.9 Å². The van der Waals surface area contributed by atoms with E-state index in [9.17, 15) is 4.79 Å². The molecule has 0 spiro atoms. The molecule has 3 rings (SSSR count). The van der Waals surface area contributed by atoms with Gasteiger partial charge in [0.1, 0.15) is 5.82 Å². The maximum atomic E-state index is 12.5. The number of thiophene rings is 1. The van der Waals surface area contributed by atoms with Gasteiger partial charge in [0.15, 0.2) is 5.82 Å². The van der Waals surface area contributed by atoms with Gasteiger partial charge in [0, 0.05) is 12.5 Å². The summed E-state index contributed by atoms with van der Waals surface area (Å²) in [6.07, 6.45) is 2.46. The number of rotatable bonds is 4. The summed E-state index contributed by atoms with van der Waals surface area (Å²) < 4.78 is 0. The Balaban J connectivity index is 1.73. The highest BCUT2D eigenvalue weighted by Crippen LogP contribution is 2.31. The molecule has 112 valence electrons. The van der Waals surface area contributed by atoms with Gasteiger partial charge >= 0.3 is 0 Å². The first-order valence-corrected chi connectivity index (χ1v) is 8.32. The van der Waals surface area contributed by atoms with E-state index >= 15 is 0 Å². The molecule has 0 saturated carbocycles. The van der Waals surface area contributed by atoms with Gasteiger partial charge in [-0.1, -0.05) is 13.8 Å². The van der Waals surface area contributed by atoms with E-state index in [1.54, 1.807) is 11.3 Å². The van der Waals surface area contributed by atoms with Gasteiger partial charge in [0.25, 0.3) is 0 Å². The predicted octanol–water partition coefficient (Wildman–Crippen LogP) is 2.90. The fourth-order valence-corrected chi connectivity index (χ4v) is 3.38. The third-order valence-corrected chi connectivity index (χ3v) is 4.59. The van der Waals surface area contributed by atoms with Crippen molar-refractivity contribution < 1.29 is 4.79 Å². The largest absolute Gasteiger partial charge is 0.332 e. The second-order valence-corrected chi connectivity index (χ2v) is 6.57. The van der Waals surface area contributed by atoms with Crippen LogP contribution in [0.2, 0.25) is 0 Å². The minimum Gasteiger partial charge on any atom is -0.332 e. The number of H-pyrrole nitrogens is 1. The minimum atomic E-state index is 0.0520. The fourth-order valence-electron chi connectivity index (χ4n) is 2.71. The second-order valence-electron chi connectivity index (χ2n) is 5.79. The summed E-state index contributed by atoms with van der Waals surface area (Å²) in [6, 6.07) is 2.06. The maximum absolute atomic E-state index is 12.5. The maximum Gasteiger partial charge on any atom is 0.227 e. The predicted molar refractivity (Wildman–Crippen MR) is 82.2 cm³/mol. The van der Waals surface area contributed by atoms with E-state index in [2.05, 4.69) is 29.0 Å². The lowest BCUT2D eigenvalue weighted by molar-refractivity contribution is -0.131. The first-order valence-electron chi connectivity index (χ1n) is 7.38. The molecule has 1 aliphatic heterocycles. The van der Waals surface area contributed by atoms with Crippen molar-refractivity contribution in [3.8, 4) is 0 Å². The Morgan fingerprint density at radius 3 is 3.10 bits per heavy atom. The molecule has 21 heavy (non-hydrogen) atoms. The molecule has 0 aromatic carbocycles. The molecule has 6 heteroatoms. The molecule has 2 aromatic heterocycles. The van der Waals surface area contributed by atoms with Crippen molar-refractivity contribution in [2.45, 2.75) is 45.1 Å². The van der Waals surface area contributed by atoms with Gasteiger partial charge in [0.2, 0.25) is 5.91 Å². The van der Waals surface area contributed by atoms with Gasteiger partial charge in [-0.05, 0) is 35.2 Å². The molecule has 1 N–H and O–H groups in total. The standard InChI is InChI=1S/C15H20N4OS/c1-10(2)14-16-15(18-17-14)12-4-3-6-19(12)13(20)8-11-5-7-21-9-11/h5,7,9-10,12H,3-4,6,8H2,1-2H3,(H,16,17,18). The summed E-state index contributed by atoms with van der Waals surface area (Å²) in [5.74, 6) is 2.13. The van der Waals surface area contributed by atoms with Crippen molar-refractivity contribution in [3.63, 3.8) is 0 Å². The highest BCUT2D eigenvalue weighted by Gasteiger charge is 2.32. The lowest BCUT2D eigenvalue weighted by atomic mass is 10.1. The molecule has 1 fully saturated rings. The number of nitrogens with zero attached hydrogens (tertiary/aromatic N) is 3. The van der Waals surface area contributed by atoms with Crippen LogP contribution in [0, 0.1) is 0 Å². The average molecular weight is 304 g/mol. The Labute approximate surface area is 128 Å². The first-order chi connectivity index (χ1) is 10.1. The molecule has 0 bridgehead atoms. The fraction of sp³-hybridized carbons (Fsp3) is 0.533. The van der Waals surface area contributed by atoms with Gasteiger partial charge in [-0.15, -0.1) is 0 Å². The summed E-state index contributed by atoms with van der Waals surface area (Å²) in [6.45, 7) is 4.95. The van der Waals surface area contributed by atoms with Crippen LogP contribution in [0.4, 0.5) is 0 Å². The highest BCUT2D eigenvalue weighted by molar-refractivity contribution is 7.07. The van der Waals surface area contributed by atoms with E-state index in [0.717, 1.165) is 36.6 Å². The second kappa shape index (κ2) is 5.97. The number of hydrogen-bond acceptors (Lipinski definition) is 4. The number of hydrogen-bond donors (Lipinski definition) is 1. The quantitative estimate of drug-likeness (QED) is 0.944. The van der Waals surface area contributed by atoms with Crippen molar-refractivity contribution in [1.82, 2.24) is 20.1 Å². The molecule has 5 nitrogen and oxygen atoms in total. The molecule has 1 unspecified atom stereocenters. The smallest absolute Gasteiger partial charge is 0.227 e. The lowest BCUT2D eigenvalue weighted by Crippen LogP contribution is -2.32. The zero-order chi connectivity index (χ0) is 14.8. The summed E-state index contributed by atoms with van der Waals surface area (Å²) in [4.78, 5) is 19.0. The molecule has 2 aromatic rings. The summed E-state index contributed by atoms with van der Waals surface area (Å²) in [5.41, 5.74) is 1.09. The first kappa shape index (κ1) is 14.3. The Bertz CT molecular complexity index is 605. The Morgan fingerprint density at radius 2 is 2.43 bits per heavy atom. The Kier molecular flexibility index (Phi) is 4.05. The molecule has 0 radical (unpaired) electrons. The third kappa shape index (κ3) is 3.00. The van der Waals surface area contributed by atoms with Crippen molar-refractivity contribution in [1.29, 1.82) is 0 Å². The van der Waals surface area contributed by atoms with Crippen molar-refractivity contribution in [3.05, 3.63) is 34.0 Å². The van der Waals surface area contributed by atoms with Crippen LogP contribution in [0.25, 0.3) is 0 Å². The molecular formula is C15H20N4OS. The zero-order valence-corrected chi connectivity index (χ0v) is 13.2. The van der Waals surface area contributed by atoms with Gasteiger partial charge in [-0.3, -0.25) is 9.89 Å². The molecular weight excluding hydrogens is 284 g/mol. The van der Waals surface area contributed by atoms with Crippen molar-refractivity contribution >= 4 is 17.2 Å². The summed E-state index contributed by atoms with van der Waals surface area (Å²) >= 11 is 1.63. The van der Waals surface area contributed by atoms with Crippen LogP contribution in [-0.4, -0.2) is 32.5 Å². The van der Waals surface area contributed by atoms with Crippen molar-refractivity contribution in [2.75, 3.05) is 6.54 Å². The van der Waals surface area contributed by atoms with Crippen LogP contribution in [-0.2, 0) is 11.2 Å². The highest BCUT2D eigenvalue weighted by atomic mass is 32.1. The minimum absolute atomic E-state index is 0.0520. The van der Waals surface area contributed by atoms with E-state index in [1.165, 1.54) is 0 Å². The Morgan fingerprint density at radius 1 is 1.57 bits per heavy atom. The number of nitrogens with one attached hydrogen (secondary N) is 1. The van der Waals surface area contributed by atoms with Crippen LogP contribution in [0.5, 0.6) is 0 Å². The molecule has 1 saturated heterocycles. The van der Waals surface area contributed by atoms with Gasteiger partial charge in [0.05, 0.1) is 12.5 Å². The topological polar surface area (TPSA) is 61.9 Å². The van der Waals surface area contributed by atoms with E-state index in [4.69, 9.17) is 0 Å². The molecule has 1 aliphatic rings. The third-order valence-electron chi connectivity index (χ3n) is 3.86. The summed E-state index contributed by atoms with van der Waals surface area (Å²) in [7, 11) is 0. The Hall–Kier alpha value is -1.69. The number of carbonyl (C=O) groups is 1. The van der Waals surface area contributed by atoms with Crippen LogP contribution in [0.1, 0.15) is 55.9 Å². The molecule has 1 atom stereocenters. The van der Waals surface area contributed by atoms with Crippen molar-refractivity contribution in [2.24, 2.45) is 0 Å². The van der Waals surface area contributed by atoms with E-state index in [1.807, 2.05) is 21.7 Å². The van der Waals surface area contributed by atoms with Crippen LogP contribution in [0.15, 0.2) is 16.8 Å². The van der Waals surface area contributed by atoms with Crippen LogP contribution >= 0.6 is 11.3 Å². The normalized spacial score (nSPS) is 18.6. The van der Waals surface area contributed by atoms with Gasteiger partial charge in [-0.25, -0.2) is 4.98 Å². The average Bonchev–Trinajstić information content (AvgIpc) is 3.19.